The average Bonchev–Trinajstić information content (AvgIpc) is 2.91. The number of aryl methyl sites for hydroxylation is 3. The minimum atomic E-state index is -4.09. The quantitative estimate of drug-likeness (QED) is 0.166. The number of pyridine rings is 2. The smallest absolute Gasteiger partial charge is 0.292 e. The lowest BCUT2D eigenvalue weighted by atomic mass is 10.0. The summed E-state index contributed by atoms with van der Waals surface area (Å²) >= 11 is 0. The van der Waals surface area contributed by atoms with Gasteiger partial charge in [0.15, 0.2) is 4.90 Å². The Kier molecular flexibility index (Phi) is 8.49. The number of unbranched alkanes of at least 4 members (excludes halogenated alkanes) is 1. The zero-order valence-corrected chi connectivity index (χ0v) is 21.7. The van der Waals surface area contributed by atoms with Gasteiger partial charge in [0.25, 0.3) is 11.2 Å². The number of fused-ring (bicyclic) bond motifs is 1. The molecule has 2 aromatic carbocycles. The van der Waals surface area contributed by atoms with E-state index in [4.69, 9.17) is 4.74 Å². The van der Waals surface area contributed by atoms with E-state index in [0.717, 1.165) is 16.5 Å². The summed E-state index contributed by atoms with van der Waals surface area (Å²) in [6.07, 6.45) is 5.19. The van der Waals surface area contributed by atoms with Crippen LogP contribution in [0.4, 0.5) is 5.69 Å². The Bertz CT molecular complexity index is 1600. The fourth-order valence-corrected chi connectivity index (χ4v) is 5.46. The van der Waals surface area contributed by atoms with E-state index in [1.165, 1.54) is 18.2 Å². The maximum Gasteiger partial charge on any atom is 0.292 e. The normalized spacial score (nSPS) is 11.5. The van der Waals surface area contributed by atoms with Crippen molar-refractivity contribution in [2.45, 2.75) is 30.6 Å². The molecule has 0 saturated heterocycles. The second-order valence-corrected chi connectivity index (χ2v) is 10.5. The van der Waals surface area contributed by atoms with Crippen LogP contribution >= 0.6 is 0 Å². The summed E-state index contributed by atoms with van der Waals surface area (Å²) in [6.45, 7) is 0.478. The highest BCUT2D eigenvalue weighted by molar-refractivity contribution is 7.89. The van der Waals surface area contributed by atoms with Crippen molar-refractivity contribution in [3.63, 3.8) is 0 Å². The molecule has 0 fully saturated rings. The summed E-state index contributed by atoms with van der Waals surface area (Å²) in [7, 11) is -2.38. The SMILES string of the molecule is Cn1c(=O)ccc2cc(OCCCCNS(=O)(=O)c3cccc(CCc4cccnc4)c3[N+](=O)[O-])ccc21. The minimum Gasteiger partial charge on any atom is -0.494 e. The van der Waals surface area contributed by atoms with Gasteiger partial charge >= 0.3 is 0 Å². The second-order valence-electron chi connectivity index (χ2n) is 8.79. The van der Waals surface area contributed by atoms with E-state index in [-0.39, 0.29) is 17.0 Å². The third-order valence-electron chi connectivity index (χ3n) is 6.19. The van der Waals surface area contributed by atoms with E-state index >= 15 is 0 Å². The van der Waals surface area contributed by atoms with Crippen LogP contribution in [0.5, 0.6) is 5.75 Å². The summed E-state index contributed by atoms with van der Waals surface area (Å²) in [5, 5.41) is 12.7. The summed E-state index contributed by atoms with van der Waals surface area (Å²) in [5.74, 6) is 0.649. The summed E-state index contributed by atoms with van der Waals surface area (Å²) < 4.78 is 35.7. The standard InChI is InChI=1S/C27H28N4O6S/c1-30-24-13-12-23(18-22(24)11-14-26(30)32)37-17-3-2-16-29-38(35,36)25-8-4-7-21(27(25)31(33)34)10-9-20-6-5-15-28-19-20/h4-8,11-15,18-19,29H,2-3,9-10,16-17H2,1H3. The molecule has 1 N–H and O–H groups in total. The van der Waals surface area contributed by atoms with Crippen molar-refractivity contribution in [2.75, 3.05) is 13.2 Å². The number of nitro groups is 1. The third kappa shape index (κ3) is 6.42. The molecule has 0 unspecified atom stereocenters. The lowest BCUT2D eigenvalue weighted by Gasteiger charge is -2.11. The van der Waals surface area contributed by atoms with Gasteiger partial charge in [-0.05, 0) is 67.6 Å². The van der Waals surface area contributed by atoms with Crippen LogP contribution in [-0.4, -0.2) is 36.0 Å². The van der Waals surface area contributed by atoms with E-state index in [2.05, 4.69) is 9.71 Å². The molecule has 2 aromatic heterocycles. The number of sulfonamides is 1. The number of rotatable bonds is 12. The molecule has 0 bridgehead atoms. The zero-order valence-electron chi connectivity index (χ0n) is 20.9. The number of nitrogens with zero attached hydrogens (tertiary/aromatic N) is 3. The van der Waals surface area contributed by atoms with Crippen molar-refractivity contribution in [1.82, 2.24) is 14.3 Å². The molecule has 0 atom stereocenters. The van der Waals surface area contributed by atoms with Gasteiger partial charge in [0.1, 0.15) is 5.75 Å². The Labute approximate surface area is 220 Å². The fourth-order valence-electron chi connectivity index (χ4n) is 4.17. The van der Waals surface area contributed by atoms with E-state index in [1.807, 2.05) is 18.2 Å². The predicted octanol–water partition coefficient (Wildman–Crippen LogP) is 3.76. The first-order valence-electron chi connectivity index (χ1n) is 12.1. The Morgan fingerprint density at radius 2 is 1.89 bits per heavy atom. The van der Waals surface area contributed by atoms with Crippen molar-refractivity contribution in [3.8, 4) is 5.75 Å². The van der Waals surface area contributed by atoms with Gasteiger partial charge in [0, 0.05) is 43.0 Å². The largest absolute Gasteiger partial charge is 0.494 e. The highest BCUT2D eigenvalue weighted by Crippen LogP contribution is 2.29. The van der Waals surface area contributed by atoms with Crippen LogP contribution in [0.1, 0.15) is 24.0 Å². The van der Waals surface area contributed by atoms with Gasteiger partial charge in [0.2, 0.25) is 10.0 Å². The van der Waals surface area contributed by atoms with Crippen LogP contribution in [0, 0.1) is 10.1 Å². The van der Waals surface area contributed by atoms with Gasteiger partial charge in [-0.1, -0.05) is 18.2 Å². The molecule has 0 aliphatic heterocycles. The average molecular weight is 537 g/mol. The number of para-hydroxylation sites is 1. The minimum absolute atomic E-state index is 0.0876. The van der Waals surface area contributed by atoms with E-state index in [9.17, 15) is 23.3 Å². The summed E-state index contributed by atoms with van der Waals surface area (Å²) in [5.41, 5.74) is 1.57. The van der Waals surface area contributed by atoms with Crippen LogP contribution in [0.2, 0.25) is 0 Å². The Balaban J connectivity index is 1.32. The second kappa shape index (κ2) is 12.0. The number of nitro benzene ring substituents is 1. The summed E-state index contributed by atoms with van der Waals surface area (Å²) in [6, 6.07) is 16.7. The summed E-state index contributed by atoms with van der Waals surface area (Å²) in [4.78, 5) is 26.7. The zero-order chi connectivity index (χ0) is 27.1. The molecule has 0 radical (unpaired) electrons. The molecule has 11 heteroatoms. The molecule has 10 nitrogen and oxygen atoms in total. The molecule has 0 saturated carbocycles. The fraction of sp³-hybridized carbons (Fsp3) is 0.259. The monoisotopic (exact) mass is 536 g/mol. The van der Waals surface area contributed by atoms with Crippen LogP contribution in [-0.2, 0) is 29.9 Å². The highest BCUT2D eigenvalue weighted by atomic mass is 32.2. The number of ether oxygens (including phenoxy) is 1. The first-order chi connectivity index (χ1) is 18.3. The maximum absolute atomic E-state index is 12.9. The lowest BCUT2D eigenvalue weighted by Crippen LogP contribution is -2.26. The number of hydrogen-bond donors (Lipinski definition) is 1. The first kappa shape index (κ1) is 27.0. The van der Waals surface area contributed by atoms with Gasteiger partial charge in [-0.2, -0.15) is 0 Å². The number of benzene rings is 2. The van der Waals surface area contributed by atoms with Crippen molar-refractivity contribution >= 4 is 26.6 Å². The predicted molar refractivity (Wildman–Crippen MR) is 144 cm³/mol. The van der Waals surface area contributed by atoms with Gasteiger partial charge in [-0.25, -0.2) is 13.1 Å². The molecule has 2 heterocycles. The molecule has 0 aliphatic carbocycles. The molecule has 38 heavy (non-hydrogen) atoms. The van der Waals surface area contributed by atoms with Gasteiger partial charge in [-0.3, -0.25) is 19.9 Å². The first-order valence-corrected chi connectivity index (χ1v) is 13.6. The molecular formula is C27H28N4O6S. The van der Waals surface area contributed by atoms with Gasteiger partial charge in [0.05, 0.1) is 17.0 Å². The molecule has 4 rings (SSSR count). The van der Waals surface area contributed by atoms with E-state index in [0.29, 0.717) is 43.6 Å². The molecule has 0 amide bonds. The van der Waals surface area contributed by atoms with E-state index in [1.54, 1.807) is 48.3 Å². The topological polar surface area (TPSA) is 133 Å². The van der Waals surface area contributed by atoms with Crippen molar-refractivity contribution in [2.24, 2.45) is 7.05 Å². The van der Waals surface area contributed by atoms with E-state index < -0.39 is 20.6 Å². The Morgan fingerprint density at radius 3 is 2.66 bits per heavy atom. The van der Waals surface area contributed by atoms with Crippen molar-refractivity contribution in [3.05, 3.63) is 105 Å². The molecule has 0 aliphatic rings. The maximum atomic E-state index is 12.9. The number of hydrogen-bond acceptors (Lipinski definition) is 7. The molecule has 4 aromatic rings. The molecule has 0 spiro atoms. The van der Waals surface area contributed by atoms with Gasteiger partial charge in [-0.15, -0.1) is 0 Å². The molecule has 198 valence electrons. The van der Waals surface area contributed by atoms with Crippen molar-refractivity contribution < 1.29 is 18.1 Å². The highest BCUT2D eigenvalue weighted by Gasteiger charge is 2.28. The lowest BCUT2D eigenvalue weighted by molar-refractivity contribution is -0.388. The number of aromatic nitrogens is 2. The van der Waals surface area contributed by atoms with Crippen molar-refractivity contribution in [1.29, 1.82) is 0 Å². The van der Waals surface area contributed by atoms with Crippen LogP contribution in [0.15, 0.2) is 82.7 Å². The Morgan fingerprint density at radius 1 is 1.05 bits per heavy atom. The van der Waals surface area contributed by atoms with Crippen LogP contribution in [0.3, 0.4) is 0 Å². The van der Waals surface area contributed by atoms with Gasteiger partial charge < -0.3 is 9.30 Å². The third-order valence-corrected chi connectivity index (χ3v) is 7.68. The number of nitrogens with one attached hydrogen (secondary N) is 1. The van der Waals surface area contributed by atoms with Crippen LogP contribution < -0.4 is 15.0 Å². The molecular weight excluding hydrogens is 508 g/mol. The Hall–Kier alpha value is -4.09. The van der Waals surface area contributed by atoms with Crippen LogP contribution in [0.25, 0.3) is 10.9 Å².